The molecule has 0 radical (unpaired) electrons. The van der Waals surface area contributed by atoms with Gasteiger partial charge < -0.3 is 39.9 Å². The Bertz CT molecular complexity index is 1080. The van der Waals surface area contributed by atoms with Gasteiger partial charge in [0.05, 0.1) is 6.61 Å². The van der Waals surface area contributed by atoms with Crippen molar-refractivity contribution < 1.29 is 63.1 Å². The van der Waals surface area contributed by atoms with Crippen LogP contribution in [0.15, 0.2) is 12.2 Å². The lowest BCUT2D eigenvalue weighted by Gasteiger charge is -2.41. The number of hydrogen-bond donors (Lipinski definition) is 6. The molecule has 58 heavy (non-hydrogen) atoms. The van der Waals surface area contributed by atoms with Gasteiger partial charge in [0.1, 0.15) is 43.2 Å². The van der Waals surface area contributed by atoms with Gasteiger partial charge in [0.2, 0.25) is 0 Å². The third-order valence-electron chi connectivity index (χ3n) is 10.9. The first-order chi connectivity index (χ1) is 27.9. The van der Waals surface area contributed by atoms with E-state index in [2.05, 4.69) is 26.0 Å². The molecular weight excluding hydrogens is 767 g/mol. The van der Waals surface area contributed by atoms with Crippen molar-refractivity contribution in [2.45, 2.75) is 243 Å². The Kier molecular flexibility index (Phi) is 33.2. The molecule has 0 saturated heterocycles. The van der Waals surface area contributed by atoms with Crippen molar-refractivity contribution in [1.82, 2.24) is 0 Å². The molecule has 1 fully saturated rings. The molecule has 0 heterocycles. The second-order valence-corrected chi connectivity index (χ2v) is 17.7. The van der Waals surface area contributed by atoms with Gasteiger partial charge in [-0.1, -0.05) is 161 Å². The predicted octanol–water partition coefficient (Wildman–Crippen LogP) is 8.67. The minimum Gasteiger partial charge on any atom is -0.462 e. The molecule has 0 aromatic rings. The fourth-order valence-corrected chi connectivity index (χ4v) is 8.08. The molecule has 0 amide bonds. The highest BCUT2D eigenvalue weighted by molar-refractivity contribution is 7.47. The van der Waals surface area contributed by atoms with Crippen LogP contribution in [0.1, 0.15) is 200 Å². The number of phosphoric ester groups is 1. The molecule has 13 nitrogen and oxygen atoms in total. The zero-order valence-corrected chi connectivity index (χ0v) is 37.0. The molecule has 1 aliphatic rings. The maximum atomic E-state index is 12.8. The van der Waals surface area contributed by atoms with Crippen molar-refractivity contribution in [1.29, 1.82) is 0 Å². The highest BCUT2D eigenvalue weighted by Gasteiger charge is 2.51. The number of aliphatic hydroxyl groups excluding tert-OH is 5. The van der Waals surface area contributed by atoms with Crippen LogP contribution in [0.3, 0.4) is 0 Å². The number of carbonyl (C=O) groups excluding carboxylic acids is 2. The Morgan fingerprint density at radius 2 is 0.879 bits per heavy atom. The molecule has 14 heteroatoms. The van der Waals surface area contributed by atoms with Gasteiger partial charge in [-0.3, -0.25) is 18.6 Å². The lowest BCUT2D eigenvalue weighted by molar-refractivity contribution is -0.220. The topological polar surface area (TPSA) is 210 Å². The van der Waals surface area contributed by atoms with E-state index in [4.69, 9.17) is 18.5 Å². The zero-order valence-electron chi connectivity index (χ0n) is 36.1. The van der Waals surface area contributed by atoms with Gasteiger partial charge in [-0.25, -0.2) is 4.57 Å². The van der Waals surface area contributed by atoms with Crippen LogP contribution >= 0.6 is 7.82 Å². The fourth-order valence-electron chi connectivity index (χ4n) is 7.11. The third-order valence-corrected chi connectivity index (χ3v) is 11.8. The first kappa shape index (κ1) is 54.6. The molecule has 8 atom stereocenters. The predicted molar refractivity (Wildman–Crippen MR) is 226 cm³/mol. The number of aliphatic hydroxyl groups is 5. The normalized spacial score (nSPS) is 22.6. The van der Waals surface area contributed by atoms with Gasteiger partial charge in [-0.2, -0.15) is 0 Å². The van der Waals surface area contributed by atoms with Crippen LogP contribution in [0.2, 0.25) is 0 Å². The molecule has 342 valence electrons. The maximum Gasteiger partial charge on any atom is 0.472 e. The summed E-state index contributed by atoms with van der Waals surface area (Å²) in [7, 11) is -5.11. The van der Waals surface area contributed by atoms with Crippen LogP contribution in [-0.2, 0) is 32.7 Å². The van der Waals surface area contributed by atoms with E-state index in [0.29, 0.717) is 12.8 Å². The van der Waals surface area contributed by atoms with E-state index < -0.39 is 75.7 Å². The molecule has 0 aromatic carbocycles. The summed E-state index contributed by atoms with van der Waals surface area (Å²) in [6, 6.07) is 0. The van der Waals surface area contributed by atoms with E-state index in [0.717, 1.165) is 44.9 Å². The van der Waals surface area contributed by atoms with E-state index in [9.17, 15) is 44.6 Å². The average Bonchev–Trinajstić information content (AvgIpc) is 3.20. The minimum absolute atomic E-state index is 0.0982. The number of esters is 2. The lowest BCUT2D eigenvalue weighted by Crippen LogP contribution is -2.64. The van der Waals surface area contributed by atoms with E-state index >= 15 is 0 Å². The van der Waals surface area contributed by atoms with Gasteiger partial charge in [0, 0.05) is 12.8 Å². The highest BCUT2D eigenvalue weighted by Crippen LogP contribution is 2.47. The molecule has 0 bridgehead atoms. The maximum absolute atomic E-state index is 12.8. The van der Waals surface area contributed by atoms with Crippen molar-refractivity contribution >= 4 is 19.8 Å². The first-order valence-corrected chi connectivity index (χ1v) is 24.5. The molecule has 1 saturated carbocycles. The fraction of sp³-hybridized carbons (Fsp3) is 0.909. The van der Waals surface area contributed by atoms with Crippen LogP contribution in [0, 0.1) is 0 Å². The molecule has 1 rings (SSSR count). The van der Waals surface area contributed by atoms with E-state index in [1.807, 2.05) is 0 Å². The Morgan fingerprint density at radius 3 is 1.34 bits per heavy atom. The van der Waals surface area contributed by atoms with Gasteiger partial charge in [0.25, 0.3) is 0 Å². The van der Waals surface area contributed by atoms with E-state index in [1.165, 1.54) is 116 Å². The minimum atomic E-state index is -5.11. The summed E-state index contributed by atoms with van der Waals surface area (Å²) in [5.74, 6) is -1.12. The van der Waals surface area contributed by atoms with Crippen molar-refractivity contribution in [3.05, 3.63) is 12.2 Å². The SMILES string of the molecule is CCCCCCCCCCC/C=C/CCCCC(=O)OC[C@@H](COP(=O)(O)OC1C(O)C(O)C(O)[C@H](O)C1O)OC(=O)CCCCCCCCCCCCCCCC. The Morgan fingerprint density at radius 1 is 0.517 bits per heavy atom. The number of ether oxygens (including phenoxy) is 2. The van der Waals surface area contributed by atoms with Crippen LogP contribution in [0.4, 0.5) is 0 Å². The molecule has 0 aliphatic heterocycles. The van der Waals surface area contributed by atoms with Gasteiger partial charge in [-0.15, -0.1) is 0 Å². The summed E-state index contributed by atoms with van der Waals surface area (Å²) < 4.78 is 33.5. The molecule has 0 spiro atoms. The van der Waals surface area contributed by atoms with E-state index in [1.54, 1.807) is 0 Å². The lowest BCUT2D eigenvalue weighted by atomic mass is 9.85. The Hall–Kier alpha value is -1.41. The van der Waals surface area contributed by atoms with Crippen LogP contribution in [-0.4, -0.2) is 98.3 Å². The number of hydrogen-bond acceptors (Lipinski definition) is 12. The number of allylic oxidation sites excluding steroid dienone is 2. The molecule has 0 aromatic heterocycles. The number of carbonyl (C=O) groups is 2. The van der Waals surface area contributed by atoms with Gasteiger partial charge >= 0.3 is 19.8 Å². The quantitative estimate of drug-likeness (QED) is 0.0149. The van der Waals surface area contributed by atoms with Crippen LogP contribution in [0.5, 0.6) is 0 Å². The molecular formula is C44H83O13P. The number of phosphoric acid groups is 1. The number of unbranched alkanes of at least 4 members (excludes halogenated alkanes) is 24. The summed E-state index contributed by atoms with van der Waals surface area (Å²) in [6.07, 6.45) is 22.7. The van der Waals surface area contributed by atoms with Crippen molar-refractivity contribution in [3.63, 3.8) is 0 Å². The number of rotatable bonds is 38. The van der Waals surface area contributed by atoms with E-state index in [-0.39, 0.29) is 12.8 Å². The van der Waals surface area contributed by atoms with Gasteiger partial charge in [-0.05, 0) is 38.5 Å². The Labute approximate surface area is 350 Å². The van der Waals surface area contributed by atoms with Crippen LogP contribution in [0.25, 0.3) is 0 Å². The summed E-state index contributed by atoms with van der Waals surface area (Å²) in [6.45, 7) is 3.29. The third kappa shape index (κ3) is 27.4. The summed E-state index contributed by atoms with van der Waals surface area (Å²) in [4.78, 5) is 35.6. The second-order valence-electron chi connectivity index (χ2n) is 16.3. The Balaban J connectivity index is 2.47. The van der Waals surface area contributed by atoms with Crippen molar-refractivity contribution in [2.75, 3.05) is 13.2 Å². The smallest absolute Gasteiger partial charge is 0.462 e. The highest BCUT2D eigenvalue weighted by atomic mass is 31.2. The van der Waals surface area contributed by atoms with Crippen LogP contribution < -0.4 is 0 Å². The molecule has 6 N–H and O–H groups in total. The first-order valence-electron chi connectivity index (χ1n) is 23.0. The second kappa shape index (κ2) is 35.2. The zero-order chi connectivity index (χ0) is 42.9. The average molecular weight is 851 g/mol. The molecule has 6 unspecified atom stereocenters. The van der Waals surface area contributed by atoms with Gasteiger partial charge in [0.15, 0.2) is 6.10 Å². The summed E-state index contributed by atoms with van der Waals surface area (Å²) >= 11 is 0. The van der Waals surface area contributed by atoms with Crippen molar-refractivity contribution in [2.24, 2.45) is 0 Å². The summed E-state index contributed by atoms with van der Waals surface area (Å²) in [5.41, 5.74) is 0. The van der Waals surface area contributed by atoms with Crippen molar-refractivity contribution in [3.8, 4) is 0 Å². The largest absolute Gasteiger partial charge is 0.472 e. The molecule has 1 aliphatic carbocycles. The standard InChI is InChI=1S/C44H83O13P/c1-3-5-7-9-11-13-15-17-19-21-22-24-26-28-30-32-37(45)54-34-36(35-55-58(52,53)57-44-42(50)40(48)39(47)41(49)43(44)51)56-38(46)33-31-29-27-25-23-20-18-16-14-12-10-8-6-4-2/h22,24,36,39-44,47-51H,3-21,23,25-35H2,1-2H3,(H,52,53)/b24-22+/t36-,39?,40-,41?,42?,43?,44?/m0/s1. The summed E-state index contributed by atoms with van der Waals surface area (Å²) in [5, 5.41) is 50.1. The monoisotopic (exact) mass is 851 g/mol.